The first kappa shape index (κ1) is 22.4. The lowest BCUT2D eigenvalue weighted by Gasteiger charge is -2.39. The van der Waals surface area contributed by atoms with Crippen molar-refractivity contribution in [2.24, 2.45) is 5.92 Å². The highest BCUT2D eigenvalue weighted by molar-refractivity contribution is 6.93. The van der Waals surface area contributed by atoms with Gasteiger partial charge < -0.3 is 0 Å². The van der Waals surface area contributed by atoms with Gasteiger partial charge in [0.05, 0.1) is 8.07 Å². The van der Waals surface area contributed by atoms with E-state index >= 15 is 0 Å². The lowest BCUT2D eigenvalue weighted by molar-refractivity contribution is -0.120. The van der Waals surface area contributed by atoms with E-state index in [4.69, 9.17) is 0 Å². The minimum atomic E-state index is -1.58. The van der Waals surface area contributed by atoms with E-state index in [1.807, 2.05) is 6.92 Å². The summed E-state index contributed by atoms with van der Waals surface area (Å²) in [6.45, 7) is 6.43. The minimum absolute atomic E-state index is 0.344. The zero-order chi connectivity index (χ0) is 19.5. The maximum absolute atomic E-state index is 12.1. The molecule has 1 aliphatic carbocycles. The Balaban J connectivity index is 2.25. The second-order valence-electron chi connectivity index (χ2n) is 8.96. The van der Waals surface area contributed by atoms with Gasteiger partial charge in [0.15, 0.2) is 0 Å². The zero-order valence-electron chi connectivity index (χ0n) is 18.1. The Morgan fingerprint density at radius 2 is 1.48 bits per heavy atom. The molecule has 1 aliphatic rings. The summed E-state index contributed by atoms with van der Waals surface area (Å²) in [5.74, 6) is 0.780. The third kappa shape index (κ3) is 6.31. The number of Topliss-reactive ketones (excluding diaryl/α,β-unsaturated/α-hetero) is 1. The molecule has 1 fully saturated rings. The van der Waals surface area contributed by atoms with Gasteiger partial charge in [0.1, 0.15) is 5.78 Å². The number of rotatable bonds is 13. The van der Waals surface area contributed by atoms with E-state index in [1.54, 1.807) is 5.19 Å². The number of carbonyl (C=O) groups excluding carboxylic acids is 1. The normalized spacial score (nSPS) is 20.1. The third-order valence-electron chi connectivity index (χ3n) is 7.09. The van der Waals surface area contributed by atoms with Crippen molar-refractivity contribution < 1.29 is 4.79 Å². The van der Waals surface area contributed by atoms with Gasteiger partial charge in [0, 0.05) is 5.92 Å². The molecule has 152 valence electrons. The van der Waals surface area contributed by atoms with Gasteiger partial charge in [-0.3, -0.25) is 4.79 Å². The van der Waals surface area contributed by atoms with E-state index in [1.165, 1.54) is 76.3 Å². The summed E-state index contributed by atoms with van der Waals surface area (Å²) in [6, 6.07) is 14.4. The van der Waals surface area contributed by atoms with Crippen LogP contribution in [-0.2, 0) is 4.79 Å². The molecule has 0 N–H and O–H groups in total. The molecule has 0 aliphatic heterocycles. The molecular weight excluding hydrogens is 344 g/mol. The fraction of sp³-hybridized carbons (Fsp3) is 0.720. The van der Waals surface area contributed by atoms with Crippen molar-refractivity contribution in [3.63, 3.8) is 0 Å². The molecule has 0 radical (unpaired) electrons. The summed E-state index contributed by atoms with van der Waals surface area (Å²) in [5.41, 5.74) is 0.817. The lowest BCUT2D eigenvalue weighted by Crippen LogP contribution is -2.51. The summed E-state index contributed by atoms with van der Waals surface area (Å²) in [4.78, 5) is 12.1. The highest BCUT2D eigenvalue weighted by atomic mass is 28.3. The SMILES string of the molecule is CCCCCC[Si](CCCCCC)(c1ccccc1)[C@@H]1CC[C@@H](C(C)=O)C1. The predicted octanol–water partition coefficient (Wildman–Crippen LogP) is 7.26. The first-order valence-electron chi connectivity index (χ1n) is 11.7. The summed E-state index contributed by atoms with van der Waals surface area (Å²) >= 11 is 0. The highest BCUT2D eigenvalue weighted by Gasteiger charge is 2.45. The fourth-order valence-corrected chi connectivity index (χ4v) is 11.6. The number of hydrogen-bond acceptors (Lipinski definition) is 1. The molecule has 27 heavy (non-hydrogen) atoms. The van der Waals surface area contributed by atoms with Gasteiger partial charge in [-0.2, -0.15) is 0 Å². The number of hydrogen-bond donors (Lipinski definition) is 0. The van der Waals surface area contributed by atoms with Crippen LogP contribution in [0.15, 0.2) is 30.3 Å². The number of carbonyl (C=O) groups is 1. The Bertz CT molecular complexity index is 527. The first-order chi connectivity index (χ1) is 13.1. The molecule has 0 heterocycles. The predicted molar refractivity (Wildman–Crippen MR) is 122 cm³/mol. The quantitative estimate of drug-likeness (QED) is 0.257. The van der Waals surface area contributed by atoms with Gasteiger partial charge in [-0.25, -0.2) is 0 Å². The van der Waals surface area contributed by atoms with Crippen LogP contribution in [0, 0.1) is 5.92 Å². The number of ketones is 1. The summed E-state index contributed by atoms with van der Waals surface area (Å²) in [7, 11) is -1.58. The smallest absolute Gasteiger partial charge is 0.132 e. The van der Waals surface area contributed by atoms with Crippen molar-refractivity contribution in [1.82, 2.24) is 0 Å². The second kappa shape index (κ2) is 11.8. The fourth-order valence-electron chi connectivity index (χ4n) is 5.41. The summed E-state index contributed by atoms with van der Waals surface area (Å²) in [5, 5.41) is 1.69. The molecule has 0 bridgehead atoms. The van der Waals surface area contributed by atoms with Crippen molar-refractivity contribution >= 4 is 19.0 Å². The number of benzene rings is 1. The van der Waals surface area contributed by atoms with Gasteiger partial charge in [-0.05, 0) is 25.3 Å². The average molecular weight is 387 g/mol. The van der Waals surface area contributed by atoms with Crippen LogP contribution in [0.5, 0.6) is 0 Å². The van der Waals surface area contributed by atoms with Crippen molar-refractivity contribution in [1.29, 1.82) is 0 Å². The van der Waals surface area contributed by atoms with Crippen molar-refractivity contribution in [3.05, 3.63) is 30.3 Å². The van der Waals surface area contributed by atoms with Gasteiger partial charge in [-0.1, -0.05) is 119 Å². The van der Waals surface area contributed by atoms with Crippen LogP contribution in [0.4, 0.5) is 0 Å². The molecule has 2 atom stereocenters. The van der Waals surface area contributed by atoms with Crippen LogP contribution < -0.4 is 5.19 Å². The molecular formula is C25H42OSi. The Morgan fingerprint density at radius 3 is 1.96 bits per heavy atom. The first-order valence-corrected chi connectivity index (χ1v) is 14.2. The van der Waals surface area contributed by atoms with Gasteiger partial charge in [0.2, 0.25) is 0 Å². The molecule has 2 heteroatoms. The Morgan fingerprint density at radius 1 is 0.889 bits per heavy atom. The van der Waals surface area contributed by atoms with Crippen LogP contribution in [0.3, 0.4) is 0 Å². The van der Waals surface area contributed by atoms with Crippen LogP contribution in [0.2, 0.25) is 17.6 Å². The van der Waals surface area contributed by atoms with E-state index in [-0.39, 0.29) is 0 Å². The third-order valence-corrected chi connectivity index (χ3v) is 13.2. The Labute approximate surface area is 169 Å². The van der Waals surface area contributed by atoms with Crippen molar-refractivity contribution in [2.45, 2.75) is 109 Å². The van der Waals surface area contributed by atoms with E-state index in [0.717, 1.165) is 12.0 Å². The van der Waals surface area contributed by atoms with Gasteiger partial charge in [-0.15, -0.1) is 0 Å². The standard InChI is InChI=1S/C25H42OSi/c1-4-6-8-13-19-27(20-14-9-7-5-2,24-15-11-10-12-16-24)25-18-17-23(21-25)22(3)26/h10-12,15-16,23,25H,4-9,13-14,17-21H2,1-3H3/t23-,25-/m1/s1. The monoisotopic (exact) mass is 386 g/mol. The summed E-state index contributed by atoms with van der Waals surface area (Å²) < 4.78 is 0. The minimum Gasteiger partial charge on any atom is -0.300 e. The van der Waals surface area contributed by atoms with Gasteiger partial charge >= 0.3 is 0 Å². The second-order valence-corrected chi connectivity index (χ2v) is 13.7. The largest absolute Gasteiger partial charge is 0.300 e. The zero-order valence-corrected chi connectivity index (χ0v) is 19.1. The molecule has 0 spiro atoms. The Hall–Kier alpha value is -0.893. The maximum Gasteiger partial charge on any atom is 0.132 e. The maximum atomic E-state index is 12.1. The van der Waals surface area contributed by atoms with Crippen molar-refractivity contribution in [2.75, 3.05) is 0 Å². The molecule has 1 aromatic rings. The number of unbranched alkanes of at least 4 members (excludes halogenated alkanes) is 6. The molecule has 1 nitrogen and oxygen atoms in total. The van der Waals surface area contributed by atoms with E-state index in [2.05, 4.69) is 44.2 Å². The van der Waals surface area contributed by atoms with E-state index in [9.17, 15) is 4.79 Å². The van der Waals surface area contributed by atoms with E-state index in [0.29, 0.717) is 11.7 Å². The van der Waals surface area contributed by atoms with E-state index < -0.39 is 8.07 Å². The topological polar surface area (TPSA) is 17.1 Å². The molecule has 2 rings (SSSR count). The van der Waals surface area contributed by atoms with Crippen LogP contribution in [0.25, 0.3) is 0 Å². The molecule has 0 amide bonds. The van der Waals surface area contributed by atoms with Crippen LogP contribution in [0.1, 0.15) is 91.4 Å². The van der Waals surface area contributed by atoms with Crippen molar-refractivity contribution in [3.8, 4) is 0 Å². The average Bonchev–Trinajstić information content (AvgIpc) is 3.19. The van der Waals surface area contributed by atoms with Crippen LogP contribution >= 0.6 is 0 Å². The summed E-state index contributed by atoms with van der Waals surface area (Å²) in [6.07, 6.45) is 14.5. The lowest BCUT2D eigenvalue weighted by atomic mass is 10.0. The van der Waals surface area contributed by atoms with Gasteiger partial charge in [0.25, 0.3) is 0 Å². The molecule has 0 aromatic heterocycles. The molecule has 1 saturated carbocycles. The molecule has 1 aromatic carbocycles. The highest BCUT2D eigenvalue weighted by Crippen LogP contribution is 2.46. The van der Waals surface area contributed by atoms with Crippen LogP contribution in [-0.4, -0.2) is 13.9 Å². The molecule has 0 unspecified atom stereocenters. The Kier molecular flexibility index (Phi) is 9.82. The molecule has 0 saturated heterocycles.